The first-order valence-electron chi connectivity index (χ1n) is 7.40. The molecule has 0 radical (unpaired) electrons. The number of hydrogen-bond acceptors (Lipinski definition) is 6. The molecule has 0 heterocycles. The Balaban J connectivity index is 0.00000338. The fraction of sp³-hybridized carbons (Fsp3) is 0.176. The summed E-state index contributed by atoms with van der Waals surface area (Å²) in [6.07, 6.45) is -0.882. The summed E-state index contributed by atoms with van der Waals surface area (Å²) in [6, 6.07) is 16.7. The van der Waals surface area contributed by atoms with E-state index in [9.17, 15) is 19.4 Å². The molecule has 0 spiro atoms. The Morgan fingerprint density at radius 3 is 2.27 bits per heavy atom. The van der Waals surface area contributed by atoms with E-state index in [0.717, 1.165) is 5.56 Å². The molecule has 0 aliphatic heterocycles. The number of ether oxygens (including phenoxy) is 1. The summed E-state index contributed by atoms with van der Waals surface area (Å²) in [4.78, 5) is 24.9. The van der Waals surface area contributed by atoms with E-state index in [1.165, 1.54) is 12.1 Å². The monoisotopic (exact) mass is 385 g/mol. The van der Waals surface area contributed by atoms with E-state index in [2.05, 4.69) is 4.99 Å². The molecule has 1 N–H and O–H groups in total. The van der Waals surface area contributed by atoms with Crippen LogP contribution < -0.4 is 40.0 Å². The second-order valence-electron chi connectivity index (χ2n) is 5.02. The third-order valence-electron chi connectivity index (χ3n) is 3.07. The first-order valence-corrected chi connectivity index (χ1v) is 8.98. The molecule has 26 heavy (non-hydrogen) atoms. The van der Waals surface area contributed by atoms with Gasteiger partial charge in [0.1, 0.15) is 19.2 Å². The van der Waals surface area contributed by atoms with Crippen molar-refractivity contribution in [2.24, 2.45) is 4.99 Å². The molecule has 0 aliphatic rings. The smallest absolute Gasteiger partial charge is 0.596 e. The van der Waals surface area contributed by atoms with Gasteiger partial charge >= 0.3 is 37.2 Å². The van der Waals surface area contributed by atoms with Crippen molar-refractivity contribution in [1.82, 2.24) is 0 Å². The van der Waals surface area contributed by atoms with E-state index in [0.29, 0.717) is 0 Å². The Morgan fingerprint density at radius 1 is 1.08 bits per heavy atom. The average molecular weight is 385 g/mol. The zero-order valence-electron chi connectivity index (χ0n) is 14.3. The van der Waals surface area contributed by atoms with Crippen LogP contribution in [0.15, 0.2) is 65.7 Å². The van der Waals surface area contributed by atoms with E-state index >= 15 is 0 Å². The minimum absolute atomic E-state index is 0. The van der Waals surface area contributed by atoms with Crippen LogP contribution in [0.2, 0.25) is 0 Å². The first kappa shape index (κ1) is 22.6. The van der Waals surface area contributed by atoms with E-state index in [1.54, 1.807) is 42.5 Å². The molecule has 1 unspecified atom stereocenters. The van der Waals surface area contributed by atoms with Crippen LogP contribution in [-0.2, 0) is 25.2 Å². The fourth-order valence-electron chi connectivity index (χ4n) is 1.81. The molecule has 0 fully saturated rings. The molecule has 0 amide bonds. The van der Waals surface area contributed by atoms with Crippen molar-refractivity contribution in [3.8, 4) is 0 Å². The standard InChI is InChI=1S/C17H18NO6P.Na/c19-15(13-24-25(21,22)16-9-5-2-6-10-16)11-18-17(20)23-12-14-7-3-1-4-8-14;/h1-10H,11-13H2,(H,18,20)(H,21,22);/q;+1/p-1. The van der Waals surface area contributed by atoms with E-state index < -0.39 is 32.6 Å². The predicted octanol–water partition coefficient (Wildman–Crippen LogP) is -1.98. The molecule has 132 valence electrons. The van der Waals surface area contributed by atoms with Gasteiger partial charge in [0.2, 0.25) is 0 Å². The van der Waals surface area contributed by atoms with Gasteiger partial charge in [0.15, 0.2) is 5.78 Å². The van der Waals surface area contributed by atoms with E-state index in [-0.39, 0.29) is 41.5 Å². The largest absolute Gasteiger partial charge is 1.00 e. The average Bonchev–Trinajstić information content (AvgIpc) is 2.64. The van der Waals surface area contributed by atoms with Crippen molar-refractivity contribution in [2.45, 2.75) is 6.61 Å². The van der Waals surface area contributed by atoms with Gasteiger partial charge in [-0.1, -0.05) is 48.5 Å². The Labute approximate surface area is 173 Å². The van der Waals surface area contributed by atoms with E-state index in [1.807, 2.05) is 6.07 Å². The molecule has 2 aromatic rings. The van der Waals surface area contributed by atoms with Crippen LogP contribution in [-0.4, -0.2) is 29.9 Å². The van der Waals surface area contributed by atoms with Crippen molar-refractivity contribution in [1.29, 1.82) is 0 Å². The Kier molecular flexibility index (Phi) is 9.80. The third kappa shape index (κ3) is 7.83. The molecule has 9 heteroatoms. The van der Waals surface area contributed by atoms with Crippen molar-refractivity contribution in [3.63, 3.8) is 0 Å². The fourth-order valence-corrected chi connectivity index (χ4v) is 2.83. The predicted molar refractivity (Wildman–Crippen MR) is 90.4 cm³/mol. The van der Waals surface area contributed by atoms with E-state index in [4.69, 9.17) is 9.26 Å². The Morgan fingerprint density at radius 2 is 1.65 bits per heavy atom. The van der Waals surface area contributed by atoms with Gasteiger partial charge in [-0.15, -0.1) is 0 Å². The zero-order chi connectivity index (χ0) is 18.1. The molecule has 0 aliphatic carbocycles. The molecule has 2 rings (SSSR count). The number of hydrogen-bond donors (Lipinski definition) is 1. The van der Waals surface area contributed by atoms with Crippen molar-refractivity contribution < 1.29 is 58.2 Å². The summed E-state index contributed by atoms with van der Waals surface area (Å²) >= 11 is 0. The molecule has 7 nitrogen and oxygen atoms in total. The van der Waals surface area contributed by atoms with Crippen LogP contribution >= 0.6 is 7.60 Å². The van der Waals surface area contributed by atoms with Gasteiger partial charge < -0.3 is 14.7 Å². The van der Waals surface area contributed by atoms with Crippen molar-refractivity contribution in [2.75, 3.05) is 13.2 Å². The summed E-state index contributed by atoms with van der Waals surface area (Å²) < 4.78 is 21.7. The Hall–Kier alpha value is -1.47. The van der Waals surface area contributed by atoms with Crippen LogP contribution in [0.4, 0.5) is 0 Å². The maximum absolute atomic E-state index is 12.0. The number of Topliss-reactive ketones (excluding diaryl/α,β-unsaturated/α-hetero) is 1. The molecule has 0 aromatic heterocycles. The summed E-state index contributed by atoms with van der Waals surface area (Å²) in [5, 5.41) is 11.5. The molecule has 1 atom stereocenters. The number of carbonyl (C=O) groups is 1. The van der Waals surface area contributed by atoms with Gasteiger partial charge in [0, 0.05) is 6.61 Å². The topological polar surface area (TPSA) is 108 Å². The van der Waals surface area contributed by atoms with Crippen LogP contribution in [0.1, 0.15) is 5.56 Å². The molecule has 0 bridgehead atoms. The maximum atomic E-state index is 12.0. The van der Waals surface area contributed by atoms with Crippen LogP contribution in [0.3, 0.4) is 0 Å². The number of nitrogens with zero attached hydrogens (tertiary/aromatic N) is 1. The number of benzene rings is 2. The van der Waals surface area contributed by atoms with Gasteiger partial charge in [-0.2, -0.15) is 0 Å². The Bertz CT molecular complexity index is 769. The van der Waals surface area contributed by atoms with Gasteiger partial charge in [-0.25, -0.2) is 0 Å². The number of rotatable bonds is 8. The van der Waals surface area contributed by atoms with Crippen LogP contribution in [0.25, 0.3) is 0 Å². The molecular weight excluding hydrogens is 368 g/mol. The van der Waals surface area contributed by atoms with Crippen LogP contribution in [0, 0.1) is 0 Å². The molecule has 2 aromatic carbocycles. The summed E-state index contributed by atoms with van der Waals surface area (Å²) in [5.74, 6) is -0.609. The number of ketones is 1. The van der Waals surface area contributed by atoms with Gasteiger partial charge in [0.05, 0.1) is 5.30 Å². The quantitative estimate of drug-likeness (QED) is 0.244. The minimum atomic E-state index is -4.08. The van der Waals surface area contributed by atoms with Crippen molar-refractivity contribution in [3.05, 3.63) is 66.2 Å². The molecular formula is C17H17NNaO6P. The zero-order valence-corrected chi connectivity index (χ0v) is 17.2. The third-order valence-corrected chi connectivity index (χ3v) is 4.50. The van der Waals surface area contributed by atoms with Crippen molar-refractivity contribution >= 4 is 24.8 Å². The summed E-state index contributed by atoms with van der Waals surface area (Å²) in [7, 11) is -4.08. The van der Waals surface area contributed by atoms with Gasteiger partial charge in [0.25, 0.3) is 0 Å². The van der Waals surface area contributed by atoms with Crippen LogP contribution in [0.5, 0.6) is 0 Å². The molecule has 0 saturated heterocycles. The van der Waals surface area contributed by atoms with Gasteiger partial charge in [-0.05, 0) is 17.7 Å². The summed E-state index contributed by atoms with van der Waals surface area (Å²) in [5.41, 5.74) is 0.796. The number of aliphatic imine (C=N–C) groups is 1. The normalized spacial score (nSPS) is 13.3. The SMILES string of the molecule is O=C(CN=C([O-])OCc1ccccc1)COP(=O)(O)c1ccccc1.[Na+]. The maximum Gasteiger partial charge on any atom is 1.00 e. The summed E-state index contributed by atoms with van der Waals surface area (Å²) in [6.45, 7) is -1.06. The second kappa shape index (κ2) is 11.3. The second-order valence-corrected chi connectivity index (χ2v) is 6.84. The molecule has 0 saturated carbocycles. The first-order chi connectivity index (χ1) is 12.0. The minimum Gasteiger partial charge on any atom is -0.596 e. The van der Waals surface area contributed by atoms with Gasteiger partial charge in [-0.3, -0.25) is 18.9 Å². The number of carbonyl (C=O) groups excluding carboxylic acids is 1.